The fraction of sp³-hybridized carbons (Fsp3) is 0.318. The van der Waals surface area contributed by atoms with Gasteiger partial charge in [0.25, 0.3) is 0 Å². The van der Waals surface area contributed by atoms with Crippen molar-refractivity contribution in [2.75, 3.05) is 20.5 Å². The summed E-state index contributed by atoms with van der Waals surface area (Å²) in [5.74, 6) is 1.52. The highest BCUT2D eigenvalue weighted by molar-refractivity contribution is 6.07. The van der Waals surface area contributed by atoms with E-state index in [9.17, 15) is 9.90 Å². The molecule has 7 heteroatoms. The number of fused-ring (bicyclic) bond motifs is 2. The SMILES string of the molecule is CCOC(=O)c1c(CC(O)c2ccc(OC)cc2)n(C)c2cc3c(cc12)OCO3. The second-order valence-corrected chi connectivity index (χ2v) is 6.82. The second-order valence-electron chi connectivity index (χ2n) is 6.82. The van der Waals surface area contributed by atoms with Gasteiger partial charge in [0, 0.05) is 30.6 Å². The lowest BCUT2D eigenvalue weighted by Gasteiger charge is -2.14. The molecule has 0 saturated heterocycles. The molecule has 0 fully saturated rings. The summed E-state index contributed by atoms with van der Waals surface area (Å²) in [5.41, 5.74) is 2.68. The first-order valence-electron chi connectivity index (χ1n) is 9.43. The van der Waals surface area contributed by atoms with Gasteiger partial charge in [0.15, 0.2) is 11.5 Å². The van der Waals surface area contributed by atoms with Crippen LogP contribution in [0.1, 0.15) is 34.6 Å². The molecule has 0 amide bonds. The van der Waals surface area contributed by atoms with E-state index in [4.69, 9.17) is 18.9 Å². The van der Waals surface area contributed by atoms with Gasteiger partial charge in [-0.3, -0.25) is 0 Å². The molecule has 1 N–H and O–H groups in total. The lowest BCUT2D eigenvalue weighted by molar-refractivity contribution is 0.0526. The number of methoxy groups -OCH3 is 1. The van der Waals surface area contributed by atoms with E-state index in [0.717, 1.165) is 11.1 Å². The summed E-state index contributed by atoms with van der Waals surface area (Å²) in [7, 11) is 3.46. The molecule has 1 aromatic heterocycles. The molecule has 4 rings (SSSR count). The summed E-state index contributed by atoms with van der Waals surface area (Å²) in [6, 6.07) is 10.9. The van der Waals surface area contributed by atoms with Crippen molar-refractivity contribution in [1.82, 2.24) is 4.57 Å². The predicted molar refractivity (Wildman–Crippen MR) is 107 cm³/mol. The predicted octanol–water partition coefficient (Wildman–Crippen LogP) is 3.37. The van der Waals surface area contributed by atoms with Crippen LogP contribution in [-0.2, 0) is 18.2 Å². The molecular formula is C22H23NO6. The molecule has 1 aliphatic rings. The Hall–Kier alpha value is -3.19. The molecule has 0 radical (unpaired) electrons. The van der Waals surface area contributed by atoms with Crippen LogP contribution in [0.2, 0.25) is 0 Å². The van der Waals surface area contributed by atoms with Crippen LogP contribution in [0, 0.1) is 0 Å². The standard InChI is InChI=1S/C22H23NO6/c1-4-27-22(25)21-15-9-19-20(29-12-28-19)11-16(15)23(2)17(21)10-18(24)13-5-7-14(26-3)8-6-13/h5-9,11,18,24H,4,10,12H2,1-3H3. The van der Waals surface area contributed by atoms with Crippen LogP contribution in [0.4, 0.5) is 0 Å². The largest absolute Gasteiger partial charge is 0.497 e. The van der Waals surface area contributed by atoms with E-state index in [2.05, 4.69) is 0 Å². The van der Waals surface area contributed by atoms with Crippen LogP contribution in [0.15, 0.2) is 36.4 Å². The first kappa shape index (κ1) is 19.1. The highest BCUT2D eigenvalue weighted by Crippen LogP contribution is 2.40. The van der Waals surface area contributed by atoms with E-state index in [1.165, 1.54) is 0 Å². The minimum atomic E-state index is -0.795. The van der Waals surface area contributed by atoms with E-state index < -0.39 is 12.1 Å². The first-order chi connectivity index (χ1) is 14.0. The van der Waals surface area contributed by atoms with Crippen LogP contribution in [0.5, 0.6) is 17.2 Å². The molecule has 0 aliphatic carbocycles. The fourth-order valence-corrected chi connectivity index (χ4v) is 3.67. The van der Waals surface area contributed by atoms with Crippen molar-refractivity contribution in [3.63, 3.8) is 0 Å². The van der Waals surface area contributed by atoms with E-state index in [1.807, 2.05) is 29.8 Å². The third-order valence-electron chi connectivity index (χ3n) is 5.18. The Morgan fingerprint density at radius 2 is 1.90 bits per heavy atom. The van der Waals surface area contributed by atoms with Gasteiger partial charge < -0.3 is 28.6 Å². The number of aliphatic hydroxyl groups excluding tert-OH is 1. The summed E-state index contributed by atoms with van der Waals surface area (Å²) in [5, 5.41) is 11.5. The highest BCUT2D eigenvalue weighted by Gasteiger charge is 2.27. The van der Waals surface area contributed by atoms with Crippen LogP contribution < -0.4 is 14.2 Å². The molecule has 2 heterocycles. The molecule has 152 valence electrons. The van der Waals surface area contributed by atoms with E-state index in [0.29, 0.717) is 33.9 Å². The van der Waals surface area contributed by atoms with Crippen molar-refractivity contribution in [3.8, 4) is 17.2 Å². The van der Waals surface area contributed by atoms with Crippen LogP contribution in [0.25, 0.3) is 10.9 Å². The lowest BCUT2D eigenvalue weighted by Crippen LogP contribution is -2.12. The Bertz CT molecular complexity index is 1050. The number of hydrogen-bond acceptors (Lipinski definition) is 6. The fourth-order valence-electron chi connectivity index (χ4n) is 3.67. The summed E-state index contributed by atoms with van der Waals surface area (Å²) in [6.07, 6.45) is -0.547. The Kier molecular flexibility index (Phi) is 5.07. The van der Waals surface area contributed by atoms with Crippen molar-refractivity contribution in [2.45, 2.75) is 19.4 Å². The maximum absolute atomic E-state index is 12.8. The highest BCUT2D eigenvalue weighted by atomic mass is 16.7. The van der Waals surface area contributed by atoms with Gasteiger partial charge in [0.05, 0.1) is 30.9 Å². The lowest BCUT2D eigenvalue weighted by atomic mass is 10.0. The van der Waals surface area contributed by atoms with Gasteiger partial charge in [-0.05, 0) is 30.7 Å². The number of aliphatic hydroxyl groups is 1. The Labute approximate surface area is 168 Å². The van der Waals surface area contributed by atoms with Gasteiger partial charge in [0.2, 0.25) is 6.79 Å². The number of aryl methyl sites for hydroxylation is 1. The number of nitrogens with zero attached hydrogens (tertiary/aromatic N) is 1. The van der Waals surface area contributed by atoms with Gasteiger partial charge in [-0.25, -0.2) is 4.79 Å². The molecule has 1 atom stereocenters. The molecule has 3 aromatic rings. The molecule has 0 bridgehead atoms. The molecule has 7 nitrogen and oxygen atoms in total. The smallest absolute Gasteiger partial charge is 0.340 e. The first-order valence-corrected chi connectivity index (χ1v) is 9.43. The van der Waals surface area contributed by atoms with Crippen molar-refractivity contribution < 1.29 is 28.8 Å². The summed E-state index contributed by atoms with van der Waals surface area (Å²) in [4.78, 5) is 12.8. The van der Waals surface area contributed by atoms with E-state index >= 15 is 0 Å². The average Bonchev–Trinajstić information content (AvgIpc) is 3.29. The van der Waals surface area contributed by atoms with Crippen molar-refractivity contribution in [1.29, 1.82) is 0 Å². The topological polar surface area (TPSA) is 79.2 Å². The van der Waals surface area contributed by atoms with Gasteiger partial charge in [-0.2, -0.15) is 0 Å². The summed E-state index contributed by atoms with van der Waals surface area (Å²) in [6.45, 7) is 2.19. The molecular weight excluding hydrogens is 374 g/mol. The Morgan fingerprint density at radius 1 is 1.21 bits per heavy atom. The number of benzene rings is 2. The number of ether oxygens (including phenoxy) is 4. The van der Waals surface area contributed by atoms with Crippen molar-refractivity contribution in [3.05, 3.63) is 53.2 Å². The van der Waals surface area contributed by atoms with Crippen LogP contribution >= 0.6 is 0 Å². The number of aromatic nitrogens is 1. The minimum Gasteiger partial charge on any atom is -0.497 e. The zero-order valence-corrected chi connectivity index (χ0v) is 16.6. The second kappa shape index (κ2) is 7.67. The monoisotopic (exact) mass is 397 g/mol. The maximum atomic E-state index is 12.8. The summed E-state index contributed by atoms with van der Waals surface area (Å²) < 4.78 is 23.3. The third kappa shape index (κ3) is 3.38. The number of rotatable bonds is 6. The van der Waals surface area contributed by atoms with E-state index in [-0.39, 0.29) is 19.8 Å². The normalized spacial score (nSPS) is 13.5. The number of carbonyl (C=O) groups is 1. The Balaban J connectivity index is 1.78. The van der Waals surface area contributed by atoms with Gasteiger partial charge >= 0.3 is 5.97 Å². The zero-order valence-electron chi connectivity index (χ0n) is 16.6. The molecule has 1 unspecified atom stereocenters. The molecule has 29 heavy (non-hydrogen) atoms. The number of esters is 1. The van der Waals surface area contributed by atoms with Crippen LogP contribution in [-0.4, -0.2) is 36.2 Å². The number of hydrogen-bond donors (Lipinski definition) is 1. The quantitative estimate of drug-likeness (QED) is 0.643. The summed E-state index contributed by atoms with van der Waals surface area (Å²) >= 11 is 0. The average molecular weight is 397 g/mol. The Morgan fingerprint density at radius 3 is 2.55 bits per heavy atom. The molecule has 0 spiro atoms. The maximum Gasteiger partial charge on any atom is 0.340 e. The van der Waals surface area contributed by atoms with Crippen molar-refractivity contribution in [2.24, 2.45) is 7.05 Å². The molecule has 1 aliphatic heterocycles. The molecule has 2 aromatic carbocycles. The minimum absolute atomic E-state index is 0.156. The van der Waals surface area contributed by atoms with Gasteiger partial charge in [0.1, 0.15) is 5.75 Å². The molecule has 0 saturated carbocycles. The zero-order chi connectivity index (χ0) is 20.5. The third-order valence-corrected chi connectivity index (χ3v) is 5.18. The van der Waals surface area contributed by atoms with Gasteiger partial charge in [-0.1, -0.05) is 12.1 Å². The number of carbonyl (C=O) groups excluding carboxylic acids is 1. The van der Waals surface area contributed by atoms with E-state index in [1.54, 1.807) is 32.2 Å². The van der Waals surface area contributed by atoms with Crippen LogP contribution in [0.3, 0.4) is 0 Å². The van der Waals surface area contributed by atoms with Gasteiger partial charge in [-0.15, -0.1) is 0 Å². The van der Waals surface area contributed by atoms with Crippen molar-refractivity contribution >= 4 is 16.9 Å².